The average molecular weight is 384 g/mol. The molecular weight excluding hydrogens is 369 g/mol. The van der Waals surface area contributed by atoms with Crippen LogP contribution in [0.1, 0.15) is 32.7 Å². The fourth-order valence-electron chi connectivity index (χ4n) is 3.23. The summed E-state index contributed by atoms with van der Waals surface area (Å²) >= 11 is 0. The molecule has 5 nitrogen and oxygen atoms in total. The van der Waals surface area contributed by atoms with E-state index in [1.807, 2.05) is 24.3 Å². The van der Waals surface area contributed by atoms with E-state index in [4.69, 9.17) is 0 Å². The summed E-state index contributed by atoms with van der Waals surface area (Å²) in [6.45, 7) is 0. The molecule has 0 unspecified atom stereocenters. The maximum absolute atomic E-state index is 12.6. The van der Waals surface area contributed by atoms with Crippen LogP contribution in [0.3, 0.4) is 0 Å². The van der Waals surface area contributed by atoms with Gasteiger partial charge in [-0.2, -0.15) is 23.4 Å². The van der Waals surface area contributed by atoms with Crippen molar-refractivity contribution >= 4 is 12.1 Å². The van der Waals surface area contributed by atoms with Crippen molar-refractivity contribution in [2.75, 3.05) is 0 Å². The number of nitrogens with zero attached hydrogens (tertiary/aromatic N) is 2. The van der Waals surface area contributed by atoms with Crippen LogP contribution in [-0.4, -0.2) is 22.3 Å². The molecule has 1 aliphatic carbocycles. The van der Waals surface area contributed by atoms with Crippen molar-refractivity contribution in [3.05, 3.63) is 76.5 Å². The maximum atomic E-state index is 12.6. The largest absolute Gasteiger partial charge is 0.416 e. The van der Waals surface area contributed by atoms with E-state index in [2.05, 4.69) is 20.7 Å². The molecule has 0 radical (unpaired) electrons. The lowest BCUT2D eigenvalue weighted by Crippen LogP contribution is -2.20. The van der Waals surface area contributed by atoms with Crippen LogP contribution >= 0.6 is 0 Å². The molecule has 1 aromatic heterocycles. The molecule has 0 fully saturated rings. The summed E-state index contributed by atoms with van der Waals surface area (Å²) < 4.78 is 37.7. The Hall–Kier alpha value is -3.42. The summed E-state index contributed by atoms with van der Waals surface area (Å²) in [6.07, 6.45) is -1.59. The summed E-state index contributed by atoms with van der Waals surface area (Å²) in [7, 11) is 0. The van der Waals surface area contributed by atoms with Gasteiger partial charge in [0, 0.05) is 11.1 Å². The van der Waals surface area contributed by atoms with Gasteiger partial charge in [-0.15, -0.1) is 0 Å². The number of H-pyrrole nitrogens is 1. The number of hydrazone groups is 1. The SMILES string of the molecule is O=C(NN=Cc1ccc(C(F)(F)F)cc1)c1[nH]nc2c1CCc1ccccc1-2. The van der Waals surface area contributed by atoms with Crippen LogP contribution in [0.4, 0.5) is 13.2 Å². The number of nitrogens with one attached hydrogen (secondary N) is 2. The number of hydrogen-bond acceptors (Lipinski definition) is 3. The van der Waals surface area contributed by atoms with E-state index in [1.54, 1.807) is 0 Å². The number of alkyl halides is 3. The number of hydrogen-bond donors (Lipinski definition) is 2. The lowest BCUT2D eigenvalue weighted by atomic mass is 9.89. The Morgan fingerprint density at radius 2 is 1.86 bits per heavy atom. The van der Waals surface area contributed by atoms with Gasteiger partial charge in [-0.05, 0) is 36.1 Å². The molecule has 3 aromatic rings. The first-order valence-corrected chi connectivity index (χ1v) is 8.59. The van der Waals surface area contributed by atoms with Gasteiger partial charge >= 0.3 is 6.18 Å². The van der Waals surface area contributed by atoms with Gasteiger partial charge in [0.15, 0.2) is 0 Å². The number of rotatable bonds is 3. The molecule has 2 aromatic carbocycles. The van der Waals surface area contributed by atoms with Crippen LogP contribution in [0, 0.1) is 0 Å². The number of aromatic nitrogens is 2. The van der Waals surface area contributed by atoms with Crippen LogP contribution in [-0.2, 0) is 19.0 Å². The monoisotopic (exact) mass is 384 g/mol. The van der Waals surface area contributed by atoms with E-state index in [-0.39, 0.29) is 0 Å². The Morgan fingerprint density at radius 3 is 2.61 bits per heavy atom. The Labute approximate surface area is 158 Å². The predicted octanol–water partition coefficient (Wildman–Crippen LogP) is 3.96. The molecule has 1 heterocycles. The van der Waals surface area contributed by atoms with Gasteiger partial charge in [-0.1, -0.05) is 36.4 Å². The average Bonchev–Trinajstić information content (AvgIpc) is 3.12. The fraction of sp³-hybridized carbons (Fsp3) is 0.150. The smallest absolute Gasteiger partial charge is 0.272 e. The van der Waals surface area contributed by atoms with E-state index < -0.39 is 17.6 Å². The van der Waals surface area contributed by atoms with Gasteiger partial charge in [-0.25, -0.2) is 5.43 Å². The molecule has 4 rings (SSSR count). The van der Waals surface area contributed by atoms with E-state index in [0.717, 1.165) is 35.4 Å². The zero-order valence-corrected chi connectivity index (χ0v) is 14.5. The van der Waals surface area contributed by atoms with Crippen LogP contribution in [0.2, 0.25) is 0 Å². The molecule has 0 aliphatic heterocycles. The third kappa shape index (κ3) is 3.40. The highest BCUT2D eigenvalue weighted by Crippen LogP contribution is 2.33. The molecule has 0 atom stereocenters. The number of carbonyl (C=O) groups is 1. The summed E-state index contributed by atoms with van der Waals surface area (Å²) in [5.41, 5.74) is 6.22. The molecule has 0 spiro atoms. The van der Waals surface area contributed by atoms with Crippen molar-refractivity contribution in [2.45, 2.75) is 19.0 Å². The van der Waals surface area contributed by atoms with Crippen molar-refractivity contribution < 1.29 is 18.0 Å². The van der Waals surface area contributed by atoms with Gasteiger partial charge in [0.25, 0.3) is 5.91 Å². The minimum Gasteiger partial charge on any atom is -0.272 e. The molecular formula is C20H15F3N4O. The molecule has 1 amide bonds. The van der Waals surface area contributed by atoms with Crippen molar-refractivity contribution in [2.24, 2.45) is 5.10 Å². The highest BCUT2D eigenvalue weighted by atomic mass is 19.4. The van der Waals surface area contributed by atoms with Crippen molar-refractivity contribution in [1.82, 2.24) is 15.6 Å². The number of amides is 1. The number of benzene rings is 2. The second-order valence-electron chi connectivity index (χ2n) is 6.40. The summed E-state index contributed by atoms with van der Waals surface area (Å²) in [6, 6.07) is 12.4. The van der Waals surface area contributed by atoms with Crippen molar-refractivity contribution in [3.8, 4) is 11.3 Å². The number of aromatic amines is 1. The van der Waals surface area contributed by atoms with E-state index in [1.165, 1.54) is 23.9 Å². The van der Waals surface area contributed by atoms with Gasteiger partial charge in [0.05, 0.1) is 17.5 Å². The minimum absolute atomic E-state index is 0.342. The molecule has 2 N–H and O–H groups in total. The Balaban J connectivity index is 1.47. The quantitative estimate of drug-likeness (QED) is 0.530. The molecule has 0 saturated heterocycles. The van der Waals surface area contributed by atoms with E-state index in [9.17, 15) is 18.0 Å². The summed E-state index contributed by atoms with van der Waals surface area (Å²) in [4.78, 5) is 12.4. The summed E-state index contributed by atoms with van der Waals surface area (Å²) in [5.74, 6) is -0.448. The zero-order valence-electron chi connectivity index (χ0n) is 14.5. The lowest BCUT2D eigenvalue weighted by molar-refractivity contribution is -0.137. The third-order valence-corrected chi connectivity index (χ3v) is 4.63. The highest BCUT2D eigenvalue weighted by Gasteiger charge is 2.30. The first kappa shape index (κ1) is 18.0. The Bertz CT molecular complexity index is 1050. The number of halogens is 3. The topological polar surface area (TPSA) is 70.1 Å². The number of carbonyl (C=O) groups excluding carboxylic acids is 1. The second kappa shape index (κ2) is 6.95. The van der Waals surface area contributed by atoms with Crippen molar-refractivity contribution in [1.29, 1.82) is 0 Å². The first-order valence-electron chi connectivity index (χ1n) is 8.59. The van der Waals surface area contributed by atoms with Crippen LogP contribution < -0.4 is 5.43 Å². The van der Waals surface area contributed by atoms with Crippen molar-refractivity contribution in [3.63, 3.8) is 0 Å². The molecule has 8 heteroatoms. The minimum atomic E-state index is -4.39. The summed E-state index contributed by atoms with van der Waals surface area (Å²) in [5, 5.41) is 10.9. The molecule has 0 bridgehead atoms. The predicted molar refractivity (Wildman–Crippen MR) is 97.9 cm³/mol. The second-order valence-corrected chi connectivity index (χ2v) is 6.40. The normalized spacial score (nSPS) is 13.2. The van der Waals surface area contributed by atoms with E-state index >= 15 is 0 Å². The van der Waals surface area contributed by atoms with Crippen LogP contribution in [0.15, 0.2) is 53.6 Å². The fourth-order valence-corrected chi connectivity index (χ4v) is 3.23. The zero-order chi connectivity index (χ0) is 19.7. The third-order valence-electron chi connectivity index (χ3n) is 4.63. The molecule has 1 aliphatic rings. The highest BCUT2D eigenvalue weighted by molar-refractivity contribution is 5.96. The Morgan fingerprint density at radius 1 is 1.11 bits per heavy atom. The standard InChI is InChI=1S/C20H15F3N4O/c21-20(22,23)14-8-5-12(6-9-14)11-24-27-19(28)18-16-10-7-13-3-1-2-4-15(13)17(16)25-26-18/h1-6,8-9,11H,7,10H2,(H,25,26)(H,27,28). The number of aryl methyl sites for hydroxylation is 1. The molecule has 0 saturated carbocycles. The van der Waals surface area contributed by atoms with Crippen LogP contribution in [0.25, 0.3) is 11.3 Å². The van der Waals surface area contributed by atoms with Gasteiger partial charge in [0.2, 0.25) is 0 Å². The Kier molecular flexibility index (Phi) is 4.46. The first-order chi connectivity index (χ1) is 13.4. The number of fused-ring (bicyclic) bond motifs is 3. The van der Waals surface area contributed by atoms with Gasteiger partial charge in [-0.3, -0.25) is 9.89 Å². The molecule has 142 valence electrons. The van der Waals surface area contributed by atoms with Gasteiger partial charge < -0.3 is 0 Å². The lowest BCUT2D eigenvalue weighted by Gasteiger charge is -2.15. The van der Waals surface area contributed by atoms with Crippen LogP contribution in [0.5, 0.6) is 0 Å². The molecule has 28 heavy (non-hydrogen) atoms. The van der Waals surface area contributed by atoms with E-state index in [0.29, 0.717) is 17.7 Å². The maximum Gasteiger partial charge on any atom is 0.416 e. The van der Waals surface area contributed by atoms with Gasteiger partial charge in [0.1, 0.15) is 5.69 Å².